The van der Waals surface area contributed by atoms with Crippen molar-refractivity contribution in [3.05, 3.63) is 101 Å². The molecule has 4 heteroatoms. The molecule has 1 heterocycles. The molecule has 2 aliphatic rings. The third-order valence-corrected chi connectivity index (χ3v) is 8.25. The van der Waals surface area contributed by atoms with E-state index in [1.807, 2.05) is 12.1 Å². The Morgan fingerprint density at radius 1 is 0.919 bits per heavy atom. The molecule has 0 bridgehead atoms. The first-order valence-corrected chi connectivity index (χ1v) is 13.8. The van der Waals surface area contributed by atoms with Gasteiger partial charge in [0.2, 0.25) is 5.91 Å². The lowest BCUT2D eigenvalue weighted by atomic mass is 9.88. The van der Waals surface area contributed by atoms with Gasteiger partial charge < -0.3 is 9.64 Å². The highest BCUT2D eigenvalue weighted by atomic mass is 16.5. The Morgan fingerprint density at radius 3 is 2.41 bits per heavy atom. The topological polar surface area (TPSA) is 32.8 Å². The normalized spacial score (nSPS) is 20.3. The molecule has 37 heavy (non-hydrogen) atoms. The zero-order valence-electron chi connectivity index (χ0n) is 22.3. The molecule has 2 fully saturated rings. The Labute approximate surface area is 222 Å². The minimum atomic E-state index is 0.184. The van der Waals surface area contributed by atoms with Gasteiger partial charge in [-0.05, 0) is 54.5 Å². The molecule has 1 saturated heterocycles. The maximum Gasteiger partial charge on any atom is 0.225 e. The van der Waals surface area contributed by atoms with Gasteiger partial charge in [0.25, 0.3) is 0 Å². The molecule has 2 atom stereocenters. The minimum Gasteiger partial charge on any atom is -0.497 e. The molecular formula is C33H40N2O2. The summed E-state index contributed by atoms with van der Waals surface area (Å²) in [6.07, 6.45) is 4.42. The second-order valence-corrected chi connectivity index (χ2v) is 11.0. The lowest BCUT2D eigenvalue weighted by molar-refractivity contribution is -0.136. The Morgan fingerprint density at radius 2 is 1.68 bits per heavy atom. The Kier molecular flexibility index (Phi) is 8.25. The average Bonchev–Trinajstić information content (AvgIpc) is 3.60. The number of aryl methyl sites for hydroxylation is 1. The van der Waals surface area contributed by atoms with E-state index in [1.54, 1.807) is 7.11 Å². The van der Waals surface area contributed by atoms with Gasteiger partial charge in [0, 0.05) is 44.6 Å². The molecule has 0 N–H and O–H groups in total. The fraction of sp³-hybridized carbons (Fsp3) is 0.424. The van der Waals surface area contributed by atoms with Gasteiger partial charge in [-0.1, -0.05) is 85.1 Å². The van der Waals surface area contributed by atoms with E-state index < -0.39 is 0 Å². The summed E-state index contributed by atoms with van der Waals surface area (Å²) in [5, 5.41) is 0. The number of carbonyl (C=O) groups excluding carboxylic acids is 1. The zero-order chi connectivity index (χ0) is 25.6. The van der Waals surface area contributed by atoms with Crippen LogP contribution in [0.5, 0.6) is 5.75 Å². The molecule has 1 aliphatic heterocycles. The van der Waals surface area contributed by atoms with Crippen LogP contribution in [-0.2, 0) is 17.9 Å². The maximum atomic E-state index is 13.8. The fourth-order valence-corrected chi connectivity index (χ4v) is 6.23. The minimum absolute atomic E-state index is 0.184. The van der Waals surface area contributed by atoms with Gasteiger partial charge in [-0.25, -0.2) is 0 Å². The van der Waals surface area contributed by atoms with E-state index in [-0.39, 0.29) is 5.92 Å². The van der Waals surface area contributed by atoms with Crippen LogP contribution in [0.4, 0.5) is 0 Å². The summed E-state index contributed by atoms with van der Waals surface area (Å²) in [7, 11) is 1.73. The molecule has 4 nitrogen and oxygen atoms in total. The monoisotopic (exact) mass is 496 g/mol. The van der Waals surface area contributed by atoms with Crippen molar-refractivity contribution in [3.8, 4) is 5.75 Å². The van der Waals surface area contributed by atoms with E-state index in [2.05, 4.69) is 83.5 Å². The first-order valence-electron chi connectivity index (χ1n) is 13.8. The first-order chi connectivity index (χ1) is 18.1. The van der Waals surface area contributed by atoms with Crippen LogP contribution in [0, 0.1) is 18.8 Å². The van der Waals surface area contributed by atoms with E-state index in [9.17, 15) is 4.79 Å². The molecule has 1 aliphatic carbocycles. The first kappa shape index (κ1) is 25.5. The third-order valence-electron chi connectivity index (χ3n) is 8.25. The molecule has 194 valence electrons. The summed E-state index contributed by atoms with van der Waals surface area (Å²) in [5.41, 5.74) is 5.16. The van der Waals surface area contributed by atoms with Crippen LogP contribution in [0.1, 0.15) is 53.9 Å². The SMILES string of the molecule is COc1cccc([C@@H]2CN(Cc3ccc(C)cc3)C[C@H]2CN(Cc2ccccc2)C(=O)C2CCCC2)c1. The molecule has 3 aromatic carbocycles. The van der Waals surface area contributed by atoms with Crippen LogP contribution < -0.4 is 4.74 Å². The second-order valence-electron chi connectivity index (χ2n) is 11.0. The summed E-state index contributed by atoms with van der Waals surface area (Å²) in [5.74, 6) is 2.16. The second kappa shape index (κ2) is 12.0. The van der Waals surface area contributed by atoms with Gasteiger partial charge in [-0.15, -0.1) is 0 Å². The molecule has 0 radical (unpaired) electrons. The molecule has 5 rings (SSSR count). The predicted molar refractivity (Wildman–Crippen MR) is 149 cm³/mol. The van der Waals surface area contributed by atoms with Gasteiger partial charge >= 0.3 is 0 Å². The van der Waals surface area contributed by atoms with Crippen LogP contribution in [0.3, 0.4) is 0 Å². The number of ether oxygens (including phenoxy) is 1. The quantitative estimate of drug-likeness (QED) is 0.342. The highest BCUT2D eigenvalue weighted by Crippen LogP contribution is 2.37. The van der Waals surface area contributed by atoms with Crippen molar-refractivity contribution >= 4 is 5.91 Å². The standard InChI is InChI=1S/C33H40N2O2/c1-25-15-17-27(18-16-25)20-34-22-30(32(24-34)29-13-8-14-31(19-29)37-2)23-35(21-26-9-4-3-5-10-26)33(36)28-11-6-7-12-28/h3-5,8-10,13-19,28,30,32H,6-7,11-12,20-24H2,1-2H3/t30-,32-/m0/s1. The number of amides is 1. The number of benzene rings is 3. The summed E-state index contributed by atoms with van der Waals surface area (Å²) < 4.78 is 5.57. The number of methoxy groups -OCH3 is 1. The zero-order valence-corrected chi connectivity index (χ0v) is 22.3. The van der Waals surface area contributed by atoms with Crippen LogP contribution in [0.15, 0.2) is 78.9 Å². The van der Waals surface area contributed by atoms with Crippen LogP contribution >= 0.6 is 0 Å². The van der Waals surface area contributed by atoms with Crippen LogP contribution in [-0.4, -0.2) is 42.5 Å². The smallest absolute Gasteiger partial charge is 0.225 e. The summed E-state index contributed by atoms with van der Waals surface area (Å²) in [6, 6.07) is 27.9. The predicted octanol–water partition coefficient (Wildman–Crippen LogP) is 6.44. The number of likely N-dealkylation sites (tertiary alicyclic amines) is 1. The molecule has 0 spiro atoms. The lowest BCUT2D eigenvalue weighted by Gasteiger charge is -2.31. The number of hydrogen-bond donors (Lipinski definition) is 0. The van der Waals surface area contributed by atoms with E-state index in [4.69, 9.17) is 4.74 Å². The van der Waals surface area contributed by atoms with Gasteiger partial charge in [-0.2, -0.15) is 0 Å². The highest BCUT2D eigenvalue weighted by molar-refractivity contribution is 5.79. The van der Waals surface area contributed by atoms with Gasteiger partial charge in [-0.3, -0.25) is 9.69 Å². The fourth-order valence-electron chi connectivity index (χ4n) is 6.23. The van der Waals surface area contributed by atoms with E-state index in [0.717, 1.165) is 44.8 Å². The summed E-state index contributed by atoms with van der Waals surface area (Å²) in [4.78, 5) is 18.5. The van der Waals surface area contributed by atoms with Crippen molar-refractivity contribution in [1.82, 2.24) is 9.80 Å². The van der Waals surface area contributed by atoms with Crippen LogP contribution in [0.2, 0.25) is 0 Å². The van der Waals surface area contributed by atoms with E-state index >= 15 is 0 Å². The van der Waals surface area contributed by atoms with Crippen molar-refractivity contribution in [2.45, 2.75) is 51.6 Å². The Hall–Kier alpha value is -3.11. The van der Waals surface area contributed by atoms with E-state index in [0.29, 0.717) is 24.3 Å². The summed E-state index contributed by atoms with van der Waals surface area (Å²) >= 11 is 0. The Balaban J connectivity index is 1.40. The molecule has 0 unspecified atom stereocenters. The van der Waals surface area contributed by atoms with Crippen molar-refractivity contribution in [2.24, 2.45) is 11.8 Å². The number of rotatable bonds is 9. The maximum absolute atomic E-state index is 13.8. The average molecular weight is 497 g/mol. The molecule has 0 aromatic heterocycles. The molecule has 3 aromatic rings. The van der Waals surface area contributed by atoms with Crippen molar-refractivity contribution in [1.29, 1.82) is 0 Å². The van der Waals surface area contributed by atoms with Gasteiger partial charge in [0.1, 0.15) is 5.75 Å². The highest BCUT2D eigenvalue weighted by Gasteiger charge is 2.37. The number of nitrogens with zero attached hydrogens (tertiary/aromatic N) is 2. The van der Waals surface area contributed by atoms with Crippen molar-refractivity contribution < 1.29 is 9.53 Å². The third kappa shape index (κ3) is 6.42. The van der Waals surface area contributed by atoms with Crippen LogP contribution in [0.25, 0.3) is 0 Å². The molecular weight excluding hydrogens is 456 g/mol. The number of hydrogen-bond acceptors (Lipinski definition) is 3. The number of carbonyl (C=O) groups is 1. The lowest BCUT2D eigenvalue weighted by Crippen LogP contribution is -2.40. The summed E-state index contributed by atoms with van der Waals surface area (Å²) in [6.45, 7) is 6.52. The van der Waals surface area contributed by atoms with Gasteiger partial charge in [0.15, 0.2) is 0 Å². The van der Waals surface area contributed by atoms with E-state index in [1.165, 1.54) is 35.1 Å². The molecule has 1 saturated carbocycles. The largest absolute Gasteiger partial charge is 0.497 e. The Bertz CT molecular complexity index is 1150. The van der Waals surface area contributed by atoms with Crippen molar-refractivity contribution in [2.75, 3.05) is 26.7 Å². The van der Waals surface area contributed by atoms with Crippen molar-refractivity contribution in [3.63, 3.8) is 0 Å². The molecule has 1 amide bonds. The van der Waals surface area contributed by atoms with Gasteiger partial charge in [0.05, 0.1) is 7.11 Å².